The van der Waals surface area contributed by atoms with Gasteiger partial charge in [-0.25, -0.2) is 4.98 Å². The third-order valence-corrected chi connectivity index (χ3v) is 10.1. The quantitative estimate of drug-likeness (QED) is 0.160. The van der Waals surface area contributed by atoms with Crippen molar-refractivity contribution in [2.75, 3.05) is 4.90 Å². The van der Waals surface area contributed by atoms with Crippen LogP contribution in [0.2, 0.25) is 0 Å². The minimum atomic E-state index is 0. The van der Waals surface area contributed by atoms with E-state index in [1.807, 2.05) is 66.9 Å². The van der Waals surface area contributed by atoms with Crippen LogP contribution in [0.5, 0.6) is 23.0 Å². The molecule has 0 amide bonds. The van der Waals surface area contributed by atoms with Gasteiger partial charge in [0.05, 0.1) is 16.8 Å². The maximum absolute atomic E-state index is 6.78. The van der Waals surface area contributed by atoms with Gasteiger partial charge in [0, 0.05) is 35.1 Å². The molecule has 10 rings (SSSR count). The molecule has 264 valence electrons. The number of para-hydroxylation sites is 3. The Kier molecular flexibility index (Phi) is 8.13. The summed E-state index contributed by atoms with van der Waals surface area (Å²) in [5, 5.41) is 3.09. The number of furan rings is 1. The zero-order chi connectivity index (χ0) is 35.8. The Hall–Kier alpha value is -6.17. The molecule has 0 N–H and O–H groups in total. The van der Waals surface area contributed by atoms with Gasteiger partial charge in [0.15, 0.2) is 5.75 Å². The third-order valence-electron chi connectivity index (χ3n) is 10.1. The number of hydrogen-bond acceptors (Lipinski definition) is 6. The maximum Gasteiger partial charge on any atom is 2.00 e. The summed E-state index contributed by atoms with van der Waals surface area (Å²) in [7, 11) is 0. The first-order chi connectivity index (χ1) is 25.9. The van der Waals surface area contributed by atoms with E-state index in [4.69, 9.17) is 23.9 Å². The van der Waals surface area contributed by atoms with E-state index in [0.717, 1.165) is 72.2 Å². The summed E-state index contributed by atoms with van der Waals surface area (Å²) < 4.78 is 21.9. The smallest absolute Gasteiger partial charge is 0.503 e. The van der Waals surface area contributed by atoms with Crippen molar-refractivity contribution < 1.29 is 35.0 Å². The number of aromatic nitrogens is 3. The van der Waals surface area contributed by atoms with Crippen molar-refractivity contribution in [1.82, 2.24) is 14.5 Å². The Morgan fingerprint density at radius 3 is 2.24 bits per heavy atom. The van der Waals surface area contributed by atoms with Gasteiger partial charge in [-0.2, -0.15) is 6.07 Å². The minimum Gasteiger partial charge on any atom is -0.503 e. The van der Waals surface area contributed by atoms with E-state index in [0.29, 0.717) is 34.6 Å². The van der Waals surface area contributed by atoms with Gasteiger partial charge in [-0.15, -0.1) is 41.3 Å². The first-order valence-electron chi connectivity index (χ1n) is 17.6. The van der Waals surface area contributed by atoms with Gasteiger partial charge in [-0.3, -0.25) is 4.90 Å². The number of benzene rings is 5. The molecule has 1 aliphatic rings. The van der Waals surface area contributed by atoms with Gasteiger partial charge >= 0.3 is 21.1 Å². The average molecular weight is 884 g/mol. The van der Waals surface area contributed by atoms with Crippen molar-refractivity contribution in [2.45, 2.75) is 27.7 Å². The van der Waals surface area contributed by atoms with Gasteiger partial charge in [-0.1, -0.05) is 60.1 Å². The van der Waals surface area contributed by atoms with Crippen LogP contribution in [0.15, 0.2) is 126 Å². The van der Waals surface area contributed by atoms with Crippen LogP contribution < -0.4 is 14.4 Å². The largest absolute Gasteiger partial charge is 2.00 e. The zero-order valence-electron chi connectivity index (χ0n) is 29.9. The van der Waals surface area contributed by atoms with Crippen molar-refractivity contribution in [3.8, 4) is 40.1 Å². The molecule has 0 saturated carbocycles. The normalized spacial score (nSPS) is 12.0. The van der Waals surface area contributed by atoms with E-state index in [9.17, 15) is 0 Å². The number of hydrogen-bond donors (Lipinski definition) is 0. The van der Waals surface area contributed by atoms with Crippen LogP contribution in [-0.2, 0) is 21.1 Å². The Labute approximate surface area is 326 Å². The van der Waals surface area contributed by atoms with Crippen molar-refractivity contribution >= 4 is 50.0 Å². The molecule has 0 unspecified atom stereocenters. The summed E-state index contributed by atoms with van der Waals surface area (Å²) in [6.07, 6.45) is 3.72. The molecule has 9 aromatic rings. The van der Waals surface area contributed by atoms with E-state index in [1.54, 1.807) is 6.20 Å². The summed E-state index contributed by atoms with van der Waals surface area (Å²) in [6.45, 7) is 8.41. The van der Waals surface area contributed by atoms with Crippen molar-refractivity contribution in [3.63, 3.8) is 0 Å². The Balaban J connectivity index is 0.00000384. The standard InChI is InChI=1S/C46H32N4O3.Pt/c1-27-11-9-12-28(2)43(27)50-38-21-22-47-42(45(38)53-44-36-16-6-8-18-40(36)52-46(44)50)31-13-10-14-32(24-31)51-33-19-20-35-34-15-5-7-17-37(34)49(39(35)25-33)41-23-29(3)30(4)26-48-41;/h5-23,26H,1-4H3;/q-2;+2. The fourth-order valence-corrected chi connectivity index (χ4v) is 7.42. The number of nitrogens with zero attached hydrogens (tertiary/aromatic N) is 4. The number of pyridine rings is 2. The van der Waals surface area contributed by atoms with Gasteiger partial charge in [0.1, 0.15) is 17.2 Å². The van der Waals surface area contributed by atoms with Crippen LogP contribution in [0.25, 0.3) is 49.9 Å². The summed E-state index contributed by atoms with van der Waals surface area (Å²) in [5.74, 6) is 3.82. The number of ether oxygens (including phenoxy) is 2. The Bertz CT molecular complexity index is 2910. The number of anilines is 3. The molecule has 7 nitrogen and oxygen atoms in total. The Morgan fingerprint density at radius 2 is 1.41 bits per heavy atom. The van der Waals surface area contributed by atoms with E-state index in [2.05, 4.69) is 97.8 Å². The molecular weight excluding hydrogens is 852 g/mol. The molecule has 8 heteroatoms. The van der Waals surface area contributed by atoms with Crippen LogP contribution in [0, 0.1) is 39.8 Å². The molecule has 0 spiro atoms. The summed E-state index contributed by atoms with van der Waals surface area (Å²) in [5.41, 5.74) is 10.5. The van der Waals surface area contributed by atoms with Crippen LogP contribution in [0.3, 0.4) is 0 Å². The third kappa shape index (κ3) is 5.30. The first kappa shape index (κ1) is 33.7. The molecule has 0 fully saturated rings. The van der Waals surface area contributed by atoms with E-state index in [1.165, 1.54) is 5.56 Å². The molecule has 54 heavy (non-hydrogen) atoms. The minimum absolute atomic E-state index is 0. The molecule has 5 aromatic carbocycles. The predicted octanol–water partition coefficient (Wildman–Crippen LogP) is 12.2. The molecule has 1 aliphatic heterocycles. The summed E-state index contributed by atoms with van der Waals surface area (Å²) in [6, 6.07) is 43.6. The fraction of sp³-hybridized carbons (Fsp3) is 0.0870. The van der Waals surface area contributed by atoms with Crippen LogP contribution >= 0.6 is 0 Å². The topological polar surface area (TPSA) is 65.5 Å². The van der Waals surface area contributed by atoms with Crippen molar-refractivity contribution in [3.05, 3.63) is 156 Å². The zero-order valence-corrected chi connectivity index (χ0v) is 32.1. The molecule has 0 aliphatic carbocycles. The average Bonchev–Trinajstić information content (AvgIpc) is 3.71. The monoisotopic (exact) mass is 883 g/mol. The van der Waals surface area contributed by atoms with Crippen LogP contribution in [-0.4, -0.2) is 14.5 Å². The second-order valence-electron chi connectivity index (χ2n) is 13.5. The summed E-state index contributed by atoms with van der Waals surface area (Å²) >= 11 is 0. The van der Waals surface area contributed by atoms with Gasteiger partial charge < -0.3 is 23.4 Å². The number of aryl methyl sites for hydroxylation is 4. The molecule has 5 heterocycles. The second kappa shape index (κ2) is 13.0. The molecule has 0 saturated heterocycles. The maximum atomic E-state index is 6.78. The molecule has 4 aromatic heterocycles. The molecule has 0 radical (unpaired) electrons. The van der Waals surface area contributed by atoms with Gasteiger partial charge in [-0.05, 0) is 85.7 Å². The second-order valence-corrected chi connectivity index (χ2v) is 13.5. The molecule has 0 bridgehead atoms. The number of rotatable bonds is 5. The Morgan fingerprint density at radius 1 is 0.648 bits per heavy atom. The van der Waals surface area contributed by atoms with E-state index < -0.39 is 0 Å². The number of fused-ring (bicyclic) bond motifs is 7. The SMILES string of the molecule is Cc1cnc(-n2c3[c-]c(Oc4[c-]c(-c5nccc6c5Oc5c(oc7ccccc57)N6c5c(C)cccc5C)ccc4)ccc3c3ccccc32)cc1C.[Pt+2]. The molecule has 0 atom stereocenters. The first-order valence-corrected chi connectivity index (χ1v) is 17.6. The predicted molar refractivity (Wildman–Crippen MR) is 209 cm³/mol. The fourth-order valence-electron chi connectivity index (χ4n) is 7.42. The van der Waals surface area contributed by atoms with E-state index >= 15 is 0 Å². The van der Waals surface area contributed by atoms with E-state index in [-0.39, 0.29) is 21.1 Å². The van der Waals surface area contributed by atoms with Crippen molar-refractivity contribution in [1.29, 1.82) is 0 Å². The summed E-state index contributed by atoms with van der Waals surface area (Å²) in [4.78, 5) is 11.8. The van der Waals surface area contributed by atoms with Gasteiger partial charge in [0.25, 0.3) is 0 Å². The molecular formula is C46H32N4O3Pt. The van der Waals surface area contributed by atoms with Crippen LogP contribution in [0.4, 0.5) is 17.3 Å². The van der Waals surface area contributed by atoms with Crippen LogP contribution in [0.1, 0.15) is 22.3 Å². The van der Waals surface area contributed by atoms with Gasteiger partial charge in [0.2, 0.25) is 5.88 Å². The van der Waals surface area contributed by atoms with Crippen molar-refractivity contribution in [2.24, 2.45) is 0 Å².